The van der Waals surface area contributed by atoms with Crippen molar-refractivity contribution in [1.82, 2.24) is 0 Å². The van der Waals surface area contributed by atoms with Crippen LogP contribution in [0.15, 0.2) is 12.2 Å². The summed E-state index contributed by atoms with van der Waals surface area (Å²) in [6.07, 6.45) is -10.8. The van der Waals surface area contributed by atoms with Crippen LogP contribution in [0.25, 0.3) is 0 Å². The van der Waals surface area contributed by atoms with Crippen LogP contribution in [-0.2, 0) is 17.1 Å². The Morgan fingerprint density at radius 2 is 1.17 bits per heavy atom. The Morgan fingerprint density at radius 3 is 1.46 bits per heavy atom. The van der Waals surface area contributed by atoms with Gasteiger partial charge in [-0.2, -0.15) is 0 Å². The van der Waals surface area contributed by atoms with Gasteiger partial charge in [0.15, 0.2) is 0 Å². The minimum Gasteiger partial charge on any atom is -0.380 e. The molecule has 0 aromatic heterocycles. The molecule has 0 aliphatic rings. The average Bonchev–Trinajstić information content (AvgIpc) is 2.19. The highest BCUT2D eigenvalue weighted by Gasteiger charge is 2.57. The number of halogens is 9. The van der Waals surface area contributed by atoms with Gasteiger partial charge in [0.2, 0.25) is 0 Å². The minimum absolute atomic E-state index is 0.0753. The van der Waals surface area contributed by atoms with Crippen LogP contribution in [0.5, 0.6) is 0 Å². The summed E-state index contributed by atoms with van der Waals surface area (Å²) >= 11 is 52.3. The van der Waals surface area contributed by atoms with E-state index < -0.39 is 27.5 Å². The van der Waals surface area contributed by atoms with E-state index >= 15 is 0 Å². The van der Waals surface area contributed by atoms with Gasteiger partial charge in [0.25, 0.3) is 0 Å². The fourth-order valence-corrected chi connectivity index (χ4v) is 18.6. The van der Waals surface area contributed by atoms with Gasteiger partial charge >= 0.3 is 27.5 Å². The molecule has 0 fully saturated rings. The van der Waals surface area contributed by atoms with Crippen LogP contribution in [0.1, 0.15) is 13.3 Å². The van der Waals surface area contributed by atoms with Gasteiger partial charge in [-0.3, -0.25) is 0 Å². The van der Waals surface area contributed by atoms with Crippen LogP contribution >= 0.6 is 99.7 Å². The van der Waals surface area contributed by atoms with Crippen molar-refractivity contribution < 1.29 is 17.1 Å². The molecule has 0 N–H and O–H groups in total. The molecule has 24 heavy (non-hydrogen) atoms. The molecule has 0 aromatic carbocycles. The van der Waals surface area contributed by atoms with Gasteiger partial charge < -0.3 is 17.1 Å². The lowest BCUT2D eigenvalue weighted by Gasteiger charge is -2.35. The van der Waals surface area contributed by atoms with Gasteiger partial charge in [-0.25, -0.2) is 0 Å². The van der Waals surface area contributed by atoms with Crippen LogP contribution < -0.4 is 0 Å². The van der Waals surface area contributed by atoms with Gasteiger partial charge in [-0.05, 0) is 13.3 Å². The third kappa shape index (κ3) is 16.1. The molecule has 144 valence electrons. The molecular weight excluding hydrogens is 579 g/mol. The summed E-state index contributed by atoms with van der Waals surface area (Å²) in [5.74, 6) is 0. The van der Waals surface area contributed by atoms with Crippen molar-refractivity contribution in [1.29, 1.82) is 0 Å². The maximum absolute atomic E-state index is 5.81. The first-order chi connectivity index (χ1) is 10.5. The first-order valence-corrected chi connectivity index (χ1v) is 22.8. The Kier molecular flexibility index (Phi) is 12.7. The van der Waals surface area contributed by atoms with Crippen LogP contribution in [-0.4, -0.2) is 40.8 Å². The Bertz CT molecular complexity index is 369. The van der Waals surface area contributed by atoms with Crippen LogP contribution in [0, 0.1) is 0 Å². The molecule has 0 unspecified atom stereocenters. The van der Waals surface area contributed by atoms with Crippen LogP contribution in [0.4, 0.5) is 0 Å². The second-order valence-corrected chi connectivity index (χ2v) is 31.0. The summed E-state index contributed by atoms with van der Waals surface area (Å²) in [7, 11) is -3.88. The molecule has 0 amide bonds. The van der Waals surface area contributed by atoms with Crippen LogP contribution in [0.2, 0.25) is 6.04 Å². The molecule has 17 heteroatoms. The summed E-state index contributed by atoms with van der Waals surface area (Å²) in [4.78, 5) is 0. The van der Waals surface area contributed by atoms with E-state index in [1.54, 1.807) is 0 Å². The lowest BCUT2D eigenvalue weighted by Crippen LogP contribution is -2.57. The summed E-state index contributed by atoms with van der Waals surface area (Å²) in [6, 6.07) is 0.0753. The molecule has 0 saturated carbocycles. The summed E-state index contributed by atoms with van der Waals surface area (Å²) in [5, 5.41) is 0. The van der Waals surface area contributed by atoms with E-state index in [2.05, 4.69) is 6.58 Å². The van der Waals surface area contributed by atoms with Crippen LogP contribution in [0.3, 0.4) is 0 Å². The topological polar surface area (TPSA) is 36.9 Å². The highest BCUT2D eigenvalue weighted by Crippen LogP contribution is 2.39. The molecule has 0 heterocycles. The van der Waals surface area contributed by atoms with Crippen molar-refractivity contribution in [2.45, 2.75) is 19.4 Å². The van der Waals surface area contributed by atoms with Crippen molar-refractivity contribution in [3.05, 3.63) is 12.2 Å². The first kappa shape index (κ1) is 27.1. The number of hydrogen-bond acceptors (Lipinski definition) is 4. The zero-order chi connectivity index (χ0) is 19.2. The van der Waals surface area contributed by atoms with E-state index in [0.29, 0.717) is 19.6 Å². The first-order valence-electron chi connectivity index (χ1n) is 6.06. The summed E-state index contributed by atoms with van der Waals surface area (Å²) in [6.45, 7) is 6.23. The summed E-state index contributed by atoms with van der Waals surface area (Å²) in [5.41, 5.74) is 0.860. The molecule has 0 aromatic rings. The second-order valence-electron chi connectivity index (χ2n) is 4.44. The monoisotopic (exact) mass is 588 g/mol. The number of rotatable bonds is 12. The summed E-state index contributed by atoms with van der Waals surface area (Å²) < 4.78 is 21.6. The van der Waals surface area contributed by atoms with Crippen molar-refractivity contribution in [2.75, 3.05) is 13.2 Å². The van der Waals surface area contributed by atoms with Gasteiger partial charge in [-0.15, -0.1) is 0 Å². The zero-order valence-corrected chi connectivity index (χ0v) is 22.9. The van der Waals surface area contributed by atoms with E-state index in [1.807, 2.05) is 6.92 Å². The SMILES string of the molecule is C=C(C)COCCC[Si](O[Si](Cl)(Cl)Cl)(O[Si](Cl)(Cl)Cl)O[Si](Cl)(Cl)Cl. The second kappa shape index (κ2) is 11.3. The van der Waals surface area contributed by atoms with Crippen molar-refractivity contribution in [2.24, 2.45) is 0 Å². The van der Waals surface area contributed by atoms with Gasteiger partial charge in [0, 0.05) is 12.7 Å². The molecular formula is C7H13Cl9O4Si4. The predicted octanol–water partition coefficient (Wildman–Crippen LogP) is 6.41. The molecule has 0 aliphatic carbocycles. The number of hydrogen-bond donors (Lipinski definition) is 0. The van der Waals surface area contributed by atoms with E-state index in [0.717, 1.165) is 5.57 Å². The Balaban J connectivity index is 5.20. The number of ether oxygens (including phenoxy) is 1. The largest absolute Gasteiger partial charge is 0.486 e. The van der Waals surface area contributed by atoms with Gasteiger partial charge in [0.05, 0.1) is 6.61 Å². The molecule has 0 saturated heterocycles. The molecule has 0 bridgehead atoms. The Labute approximate surface area is 187 Å². The maximum atomic E-state index is 5.81. The molecule has 4 nitrogen and oxygen atoms in total. The van der Waals surface area contributed by atoms with E-state index in [9.17, 15) is 0 Å². The highest BCUT2D eigenvalue weighted by molar-refractivity contribution is 7.65. The average molecular weight is 593 g/mol. The van der Waals surface area contributed by atoms with E-state index in [-0.39, 0.29) is 6.04 Å². The molecule has 0 rings (SSSR count). The molecule has 0 radical (unpaired) electrons. The predicted molar refractivity (Wildman–Crippen MR) is 114 cm³/mol. The van der Waals surface area contributed by atoms with Crippen molar-refractivity contribution >= 4 is 127 Å². The highest BCUT2D eigenvalue weighted by atomic mass is 35.9. The van der Waals surface area contributed by atoms with Gasteiger partial charge in [-0.1, -0.05) is 112 Å². The third-order valence-electron chi connectivity index (χ3n) is 1.93. The molecule has 0 aliphatic heterocycles. The van der Waals surface area contributed by atoms with Gasteiger partial charge in [0.1, 0.15) is 0 Å². The maximum Gasteiger partial charge on any atom is 0.486 e. The van der Waals surface area contributed by atoms with Crippen molar-refractivity contribution in [3.63, 3.8) is 0 Å². The molecule has 0 atom stereocenters. The van der Waals surface area contributed by atoms with E-state index in [4.69, 9.17) is 117 Å². The minimum atomic E-state index is -3.88. The molecule has 0 spiro atoms. The lowest BCUT2D eigenvalue weighted by molar-refractivity contribution is 0.152. The van der Waals surface area contributed by atoms with E-state index in [1.165, 1.54) is 0 Å². The fraction of sp³-hybridized carbons (Fsp3) is 0.714. The third-order valence-corrected chi connectivity index (χ3v) is 15.7. The normalized spacial score (nSPS) is 14.1. The van der Waals surface area contributed by atoms with Crippen molar-refractivity contribution in [3.8, 4) is 0 Å². The standard InChI is InChI=1S/C7H13Cl9O4Si4/c1-7(2)6-17-4-3-5-21(18-22(8,9)10,19-23(11,12)13)20-24(14,15)16/h1,3-6H2,2H3. The fourth-order valence-electron chi connectivity index (χ4n) is 1.38. The zero-order valence-electron chi connectivity index (χ0n) is 12.1. The Morgan fingerprint density at radius 1 is 0.792 bits per heavy atom. The smallest absolute Gasteiger partial charge is 0.380 e. The quantitative estimate of drug-likeness (QED) is 0.114. The lowest BCUT2D eigenvalue weighted by atomic mass is 10.4. The Hall–Kier alpha value is 3.06.